The summed E-state index contributed by atoms with van der Waals surface area (Å²) in [6.45, 7) is 3.15. The summed E-state index contributed by atoms with van der Waals surface area (Å²) in [6.07, 6.45) is 1.92. The molecule has 96 valence electrons. The van der Waals surface area contributed by atoms with E-state index in [-0.39, 0.29) is 0 Å². The van der Waals surface area contributed by atoms with E-state index >= 15 is 0 Å². The van der Waals surface area contributed by atoms with Gasteiger partial charge in [0.15, 0.2) is 0 Å². The van der Waals surface area contributed by atoms with E-state index < -0.39 is 0 Å². The summed E-state index contributed by atoms with van der Waals surface area (Å²) in [5.74, 6) is 7.96. The molecular formula is C11H21N5S. The monoisotopic (exact) mass is 255 g/mol. The second-order valence-electron chi connectivity index (χ2n) is 4.05. The zero-order valence-electron chi connectivity index (χ0n) is 10.7. The van der Waals surface area contributed by atoms with Gasteiger partial charge in [0.25, 0.3) is 0 Å². The SMILES string of the molecule is CCCc1nc(NN)cc(SCCN(C)C)n1. The van der Waals surface area contributed by atoms with Crippen LogP contribution in [0.3, 0.4) is 0 Å². The van der Waals surface area contributed by atoms with Crippen molar-refractivity contribution in [3.63, 3.8) is 0 Å². The number of hydrogen-bond acceptors (Lipinski definition) is 6. The quantitative estimate of drug-likeness (QED) is 0.332. The van der Waals surface area contributed by atoms with Gasteiger partial charge in [-0.2, -0.15) is 0 Å². The zero-order valence-corrected chi connectivity index (χ0v) is 11.5. The van der Waals surface area contributed by atoms with Crippen molar-refractivity contribution in [1.29, 1.82) is 0 Å². The molecule has 0 spiro atoms. The molecule has 5 nitrogen and oxygen atoms in total. The van der Waals surface area contributed by atoms with E-state index in [4.69, 9.17) is 5.84 Å². The van der Waals surface area contributed by atoms with Crippen LogP contribution in [0.25, 0.3) is 0 Å². The van der Waals surface area contributed by atoms with Crippen molar-refractivity contribution >= 4 is 17.6 Å². The third kappa shape index (κ3) is 5.34. The van der Waals surface area contributed by atoms with Crippen LogP contribution in [0.15, 0.2) is 11.1 Å². The third-order valence-corrected chi connectivity index (χ3v) is 3.05. The van der Waals surface area contributed by atoms with E-state index in [1.807, 2.05) is 6.07 Å². The number of nitrogens with zero attached hydrogens (tertiary/aromatic N) is 3. The second kappa shape index (κ2) is 7.47. The fraction of sp³-hybridized carbons (Fsp3) is 0.636. The molecule has 1 rings (SSSR count). The highest BCUT2D eigenvalue weighted by molar-refractivity contribution is 7.99. The number of nitrogens with two attached hydrogens (primary N) is 1. The lowest BCUT2D eigenvalue weighted by atomic mass is 10.3. The van der Waals surface area contributed by atoms with E-state index in [1.165, 1.54) is 0 Å². The maximum absolute atomic E-state index is 5.40. The van der Waals surface area contributed by atoms with Gasteiger partial charge in [0, 0.05) is 24.8 Å². The van der Waals surface area contributed by atoms with Crippen LogP contribution >= 0.6 is 11.8 Å². The van der Waals surface area contributed by atoms with Crippen molar-refractivity contribution in [1.82, 2.24) is 14.9 Å². The lowest BCUT2D eigenvalue weighted by Gasteiger charge is -2.09. The molecule has 6 heteroatoms. The highest BCUT2D eigenvalue weighted by atomic mass is 32.2. The number of hydrogen-bond donors (Lipinski definition) is 2. The highest BCUT2D eigenvalue weighted by Crippen LogP contribution is 2.18. The molecule has 1 heterocycles. The van der Waals surface area contributed by atoms with Gasteiger partial charge in [0.1, 0.15) is 16.7 Å². The van der Waals surface area contributed by atoms with Crippen LogP contribution in [0.5, 0.6) is 0 Å². The first-order chi connectivity index (χ1) is 8.15. The Morgan fingerprint density at radius 1 is 1.41 bits per heavy atom. The molecule has 0 aliphatic heterocycles. The van der Waals surface area contributed by atoms with Gasteiger partial charge in [-0.3, -0.25) is 0 Å². The molecule has 0 aliphatic rings. The van der Waals surface area contributed by atoms with Crippen molar-refractivity contribution in [3.8, 4) is 0 Å². The number of nitrogens with one attached hydrogen (secondary N) is 1. The summed E-state index contributed by atoms with van der Waals surface area (Å²) in [6, 6.07) is 1.89. The number of aromatic nitrogens is 2. The van der Waals surface area contributed by atoms with Crippen LogP contribution < -0.4 is 11.3 Å². The number of anilines is 1. The topological polar surface area (TPSA) is 67.1 Å². The van der Waals surface area contributed by atoms with E-state index in [0.717, 1.165) is 36.0 Å². The molecule has 3 N–H and O–H groups in total. The maximum Gasteiger partial charge on any atom is 0.144 e. The van der Waals surface area contributed by atoms with Crippen molar-refractivity contribution in [2.45, 2.75) is 24.8 Å². The Morgan fingerprint density at radius 3 is 2.76 bits per heavy atom. The van der Waals surface area contributed by atoms with Gasteiger partial charge in [-0.15, -0.1) is 11.8 Å². The molecule has 0 fully saturated rings. The molecule has 1 aromatic rings. The van der Waals surface area contributed by atoms with Gasteiger partial charge in [-0.25, -0.2) is 15.8 Å². The van der Waals surface area contributed by atoms with Crippen LogP contribution in [0.4, 0.5) is 5.82 Å². The van der Waals surface area contributed by atoms with Crippen LogP contribution in [0, 0.1) is 0 Å². The number of thioether (sulfide) groups is 1. The molecule has 0 radical (unpaired) electrons. The summed E-state index contributed by atoms with van der Waals surface area (Å²) >= 11 is 1.73. The van der Waals surface area contributed by atoms with Gasteiger partial charge in [-0.1, -0.05) is 6.92 Å². The lowest BCUT2D eigenvalue weighted by Crippen LogP contribution is -2.15. The smallest absolute Gasteiger partial charge is 0.144 e. The largest absolute Gasteiger partial charge is 0.309 e. The molecule has 1 aromatic heterocycles. The minimum atomic E-state index is 0.691. The van der Waals surface area contributed by atoms with Crippen LogP contribution in [0.1, 0.15) is 19.2 Å². The molecule has 0 aromatic carbocycles. The zero-order chi connectivity index (χ0) is 12.7. The Kier molecular flexibility index (Phi) is 6.25. The van der Waals surface area contributed by atoms with Crippen molar-refractivity contribution in [2.24, 2.45) is 5.84 Å². The molecule has 0 unspecified atom stereocenters. The van der Waals surface area contributed by atoms with Crippen LogP contribution in [-0.2, 0) is 6.42 Å². The molecular weight excluding hydrogens is 234 g/mol. The van der Waals surface area contributed by atoms with Gasteiger partial charge in [-0.05, 0) is 20.5 Å². The van der Waals surface area contributed by atoms with Gasteiger partial charge >= 0.3 is 0 Å². The highest BCUT2D eigenvalue weighted by Gasteiger charge is 2.04. The first-order valence-corrected chi connectivity index (χ1v) is 6.76. The van der Waals surface area contributed by atoms with E-state index in [0.29, 0.717) is 5.82 Å². The van der Waals surface area contributed by atoms with E-state index in [9.17, 15) is 0 Å². The lowest BCUT2D eigenvalue weighted by molar-refractivity contribution is 0.437. The van der Waals surface area contributed by atoms with Gasteiger partial charge < -0.3 is 10.3 Å². The Labute approximate surface area is 107 Å². The third-order valence-electron chi connectivity index (χ3n) is 2.16. The summed E-state index contributed by atoms with van der Waals surface area (Å²) in [5.41, 5.74) is 2.59. The molecule has 0 saturated carbocycles. The van der Waals surface area contributed by atoms with Gasteiger partial charge in [0.2, 0.25) is 0 Å². The summed E-state index contributed by atoms with van der Waals surface area (Å²) in [4.78, 5) is 11.0. The maximum atomic E-state index is 5.40. The molecule has 0 amide bonds. The van der Waals surface area contributed by atoms with Crippen LogP contribution in [0.2, 0.25) is 0 Å². The average molecular weight is 255 g/mol. The summed E-state index contributed by atoms with van der Waals surface area (Å²) < 4.78 is 0. The molecule has 0 bridgehead atoms. The minimum absolute atomic E-state index is 0.691. The molecule has 0 saturated heterocycles. The van der Waals surface area contributed by atoms with E-state index in [2.05, 4.69) is 41.3 Å². The minimum Gasteiger partial charge on any atom is -0.309 e. The fourth-order valence-electron chi connectivity index (χ4n) is 1.29. The summed E-state index contributed by atoms with van der Waals surface area (Å²) in [7, 11) is 4.13. The van der Waals surface area contributed by atoms with Crippen molar-refractivity contribution in [3.05, 3.63) is 11.9 Å². The number of rotatable bonds is 7. The summed E-state index contributed by atoms with van der Waals surface area (Å²) in [5, 5.41) is 0.984. The first kappa shape index (κ1) is 14.2. The second-order valence-corrected chi connectivity index (χ2v) is 5.17. The number of hydrazine groups is 1. The molecule has 0 atom stereocenters. The standard InChI is InChI=1S/C11H21N5S/c1-4-5-9-13-10(15-12)8-11(14-9)17-7-6-16(2)3/h8H,4-7,12H2,1-3H3,(H,13,14,15). The number of nitrogen functional groups attached to an aromatic ring is 1. The predicted molar refractivity (Wildman–Crippen MR) is 73.1 cm³/mol. The fourth-order valence-corrected chi connectivity index (χ4v) is 2.32. The van der Waals surface area contributed by atoms with Gasteiger partial charge in [0.05, 0.1) is 0 Å². The Morgan fingerprint density at radius 2 is 2.18 bits per heavy atom. The Hall–Kier alpha value is -0.850. The first-order valence-electron chi connectivity index (χ1n) is 5.77. The molecule has 0 aliphatic carbocycles. The van der Waals surface area contributed by atoms with Crippen molar-refractivity contribution in [2.75, 3.05) is 31.8 Å². The molecule has 17 heavy (non-hydrogen) atoms. The Balaban J connectivity index is 2.66. The number of aryl methyl sites for hydroxylation is 1. The normalized spacial score (nSPS) is 10.9. The average Bonchev–Trinajstić information content (AvgIpc) is 2.28. The van der Waals surface area contributed by atoms with Crippen LogP contribution in [-0.4, -0.2) is 41.3 Å². The van der Waals surface area contributed by atoms with E-state index in [1.54, 1.807) is 11.8 Å². The predicted octanol–water partition coefficient (Wildman–Crippen LogP) is 1.37. The Bertz CT molecular complexity index is 343. The van der Waals surface area contributed by atoms with Crippen molar-refractivity contribution < 1.29 is 0 Å².